The Morgan fingerprint density at radius 1 is 1.12 bits per heavy atom. The fourth-order valence-corrected chi connectivity index (χ4v) is 4.34. The average molecular weight is 619 g/mol. The number of amides is 1. The minimum absolute atomic E-state index is 0.0158. The van der Waals surface area contributed by atoms with Gasteiger partial charge in [0.05, 0.1) is 13.0 Å². The fourth-order valence-electron chi connectivity index (χ4n) is 4.20. The summed E-state index contributed by atoms with van der Waals surface area (Å²) in [6.07, 6.45) is -0.517. The summed E-state index contributed by atoms with van der Waals surface area (Å²) in [6.45, 7) is 4.19. The van der Waals surface area contributed by atoms with Crippen molar-refractivity contribution in [2.45, 2.75) is 58.3 Å². The molecule has 232 valence electrons. The van der Waals surface area contributed by atoms with Crippen molar-refractivity contribution in [2.75, 3.05) is 19.6 Å². The number of carbonyl (C=O) groups excluding carboxylic acids is 5. The largest absolute Gasteiger partial charge is 0.493 e. The van der Waals surface area contributed by atoms with Gasteiger partial charge in [0.15, 0.2) is 23.6 Å². The van der Waals surface area contributed by atoms with Crippen LogP contribution in [0.2, 0.25) is 0 Å². The van der Waals surface area contributed by atoms with Crippen molar-refractivity contribution < 1.29 is 47.7 Å². The van der Waals surface area contributed by atoms with E-state index in [1.54, 1.807) is 26.0 Å². The lowest BCUT2D eigenvalue weighted by atomic mass is 9.91. The predicted molar refractivity (Wildman–Crippen MR) is 152 cm³/mol. The Bertz CT molecular complexity index is 1300. The SMILES string of the molecule is COc1ccnc(C(=O)NC2COC(=O)C(Cc3ccccc3)C(OC(=O)C(C)C)C(C)OC2=O)c1OC(=O)CCCCl. The maximum atomic E-state index is 13.4. The highest BCUT2D eigenvalue weighted by Crippen LogP contribution is 2.30. The van der Waals surface area contributed by atoms with E-state index in [1.165, 1.54) is 26.3 Å². The third-order valence-corrected chi connectivity index (χ3v) is 6.77. The molecule has 1 saturated heterocycles. The lowest BCUT2D eigenvalue weighted by Gasteiger charge is -2.29. The maximum Gasteiger partial charge on any atom is 0.332 e. The molecule has 13 heteroatoms. The van der Waals surface area contributed by atoms with Gasteiger partial charge in [-0.05, 0) is 25.3 Å². The summed E-state index contributed by atoms with van der Waals surface area (Å²) in [5.74, 6) is -5.36. The second-order valence-corrected chi connectivity index (χ2v) is 10.5. The molecule has 0 radical (unpaired) electrons. The molecule has 1 N–H and O–H groups in total. The Kier molecular flexibility index (Phi) is 12.3. The number of rotatable bonds is 11. The number of esters is 4. The molecular weight excluding hydrogens is 584 g/mol. The zero-order chi connectivity index (χ0) is 31.5. The van der Waals surface area contributed by atoms with Crippen LogP contribution in [-0.4, -0.2) is 72.6 Å². The number of halogens is 1. The second-order valence-electron chi connectivity index (χ2n) is 10.1. The molecule has 2 heterocycles. The lowest BCUT2D eigenvalue weighted by Crippen LogP contribution is -2.47. The molecule has 0 bridgehead atoms. The Morgan fingerprint density at radius 3 is 2.49 bits per heavy atom. The van der Waals surface area contributed by atoms with Crippen LogP contribution in [0.1, 0.15) is 49.7 Å². The first kappa shape index (κ1) is 33.3. The molecule has 1 aliphatic rings. The van der Waals surface area contributed by atoms with Gasteiger partial charge >= 0.3 is 23.9 Å². The molecule has 0 saturated carbocycles. The highest BCUT2D eigenvalue weighted by molar-refractivity contribution is 6.17. The van der Waals surface area contributed by atoms with E-state index in [-0.39, 0.29) is 35.9 Å². The van der Waals surface area contributed by atoms with E-state index in [0.29, 0.717) is 6.42 Å². The van der Waals surface area contributed by atoms with Crippen molar-refractivity contribution in [2.24, 2.45) is 11.8 Å². The van der Waals surface area contributed by atoms with Gasteiger partial charge in [-0.25, -0.2) is 9.78 Å². The molecule has 3 rings (SSSR count). The normalized spacial score (nSPS) is 20.5. The zero-order valence-electron chi connectivity index (χ0n) is 24.4. The number of ether oxygens (including phenoxy) is 5. The minimum Gasteiger partial charge on any atom is -0.493 e. The number of alkyl halides is 1. The Morgan fingerprint density at radius 2 is 1.84 bits per heavy atom. The number of nitrogens with one attached hydrogen (secondary N) is 1. The van der Waals surface area contributed by atoms with E-state index in [1.807, 2.05) is 18.2 Å². The number of methoxy groups -OCH3 is 1. The number of pyridine rings is 1. The van der Waals surface area contributed by atoms with Gasteiger partial charge in [-0.3, -0.25) is 19.2 Å². The first-order chi connectivity index (χ1) is 20.5. The van der Waals surface area contributed by atoms with Gasteiger partial charge in [-0.15, -0.1) is 11.6 Å². The van der Waals surface area contributed by atoms with Gasteiger partial charge < -0.3 is 29.0 Å². The van der Waals surface area contributed by atoms with Crippen LogP contribution in [0.4, 0.5) is 0 Å². The van der Waals surface area contributed by atoms with Gasteiger partial charge in [-0.1, -0.05) is 44.2 Å². The smallest absolute Gasteiger partial charge is 0.332 e. The van der Waals surface area contributed by atoms with Gasteiger partial charge in [-0.2, -0.15) is 0 Å². The van der Waals surface area contributed by atoms with E-state index in [2.05, 4.69) is 10.3 Å². The van der Waals surface area contributed by atoms with Crippen molar-refractivity contribution in [3.8, 4) is 11.5 Å². The molecule has 1 aliphatic heterocycles. The van der Waals surface area contributed by atoms with Crippen LogP contribution in [-0.2, 0) is 39.8 Å². The van der Waals surface area contributed by atoms with E-state index in [0.717, 1.165) is 5.56 Å². The van der Waals surface area contributed by atoms with Crippen molar-refractivity contribution in [1.29, 1.82) is 0 Å². The van der Waals surface area contributed by atoms with E-state index < -0.39 is 66.5 Å². The standard InChI is InChI=1S/C30H35ClN2O10/c1-17(2)28(36)43-25-18(3)41-30(38)21(16-40-29(37)20(25)15-19-9-6-5-7-10-19)33-27(35)24-26(22(39-4)12-14-32-24)42-23(34)11-8-13-31/h5-7,9-10,12,14,17-18,20-21,25H,8,11,13,15-16H2,1-4H3,(H,33,35). The van der Waals surface area contributed by atoms with Gasteiger partial charge in [0, 0.05) is 24.6 Å². The van der Waals surface area contributed by atoms with Crippen LogP contribution in [0.3, 0.4) is 0 Å². The predicted octanol–water partition coefficient (Wildman–Crippen LogP) is 3.03. The molecule has 1 amide bonds. The van der Waals surface area contributed by atoms with Crippen LogP contribution >= 0.6 is 11.6 Å². The molecule has 1 aromatic heterocycles. The van der Waals surface area contributed by atoms with Gasteiger partial charge in [0.25, 0.3) is 5.91 Å². The number of hydrogen-bond donors (Lipinski definition) is 1. The monoisotopic (exact) mass is 618 g/mol. The van der Waals surface area contributed by atoms with E-state index in [4.69, 9.17) is 35.3 Å². The number of carbonyl (C=O) groups is 5. The Labute approximate surface area is 254 Å². The number of hydrogen-bond acceptors (Lipinski definition) is 11. The quantitative estimate of drug-likeness (QED) is 0.224. The van der Waals surface area contributed by atoms with Gasteiger partial charge in [0.1, 0.15) is 18.6 Å². The first-order valence-electron chi connectivity index (χ1n) is 13.8. The Balaban J connectivity index is 1.88. The third-order valence-electron chi connectivity index (χ3n) is 6.50. The summed E-state index contributed by atoms with van der Waals surface area (Å²) in [4.78, 5) is 68.8. The van der Waals surface area contributed by atoms with Crippen LogP contribution in [0.5, 0.6) is 11.5 Å². The fraction of sp³-hybridized carbons (Fsp3) is 0.467. The summed E-state index contributed by atoms with van der Waals surface area (Å²) in [6, 6.07) is 8.96. The highest BCUT2D eigenvalue weighted by atomic mass is 35.5. The highest BCUT2D eigenvalue weighted by Gasteiger charge is 2.42. The summed E-state index contributed by atoms with van der Waals surface area (Å²) in [7, 11) is 1.32. The molecule has 1 fully saturated rings. The molecule has 4 unspecified atom stereocenters. The minimum atomic E-state index is -1.47. The summed E-state index contributed by atoms with van der Waals surface area (Å²) in [5, 5.41) is 2.44. The van der Waals surface area contributed by atoms with Crippen molar-refractivity contribution in [3.63, 3.8) is 0 Å². The molecule has 12 nitrogen and oxygen atoms in total. The van der Waals surface area contributed by atoms with Crippen molar-refractivity contribution in [3.05, 3.63) is 53.9 Å². The van der Waals surface area contributed by atoms with Crippen molar-refractivity contribution >= 4 is 41.4 Å². The molecule has 0 aliphatic carbocycles. The Hall–Kier alpha value is -4.19. The summed E-state index contributed by atoms with van der Waals surface area (Å²) >= 11 is 5.65. The van der Waals surface area contributed by atoms with Crippen molar-refractivity contribution in [1.82, 2.24) is 10.3 Å². The number of benzene rings is 1. The number of aromatic nitrogens is 1. The molecule has 4 atom stereocenters. The third kappa shape index (κ3) is 9.15. The average Bonchev–Trinajstić information content (AvgIpc) is 3.02. The lowest BCUT2D eigenvalue weighted by molar-refractivity contribution is -0.176. The van der Waals surface area contributed by atoms with Crippen LogP contribution in [0.15, 0.2) is 42.6 Å². The summed E-state index contributed by atoms with van der Waals surface area (Å²) in [5.41, 5.74) is 0.422. The van der Waals surface area contributed by atoms with Crippen LogP contribution in [0, 0.1) is 11.8 Å². The summed E-state index contributed by atoms with van der Waals surface area (Å²) < 4.78 is 27.3. The first-order valence-corrected chi connectivity index (χ1v) is 14.3. The van der Waals surface area contributed by atoms with Gasteiger partial charge in [0.2, 0.25) is 5.75 Å². The van der Waals surface area contributed by atoms with E-state index >= 15 is 0 Å². The molecule has 43 heavy (non-hydrogen) atoms. The topological polar surface area (TPSA) is 156 Å². The molecular formula is C30H35ClN2O10. The second kappa shape index (κ2) is 15.9. The zero-order valence-corrected chi connectivity index (χ0v) is 25.1. The molecule has 0 spiro atoms. The maximum absolute atomic E-state index is 13.4. The molecule has 1 aromatic carbocycles. The number of nitrogens with zero attached hydrogens (tertiary/aromatic N) is 1. The number of cyclic esters (lactones) is 2. The van der Waals surface area contributed by atoms with Crippen LogP contribution in [0.25, 0.3) is 0 Å². The molecule has 2 aromatic rings. The van der Waals surface area contributed by atoms with Crippen LogP contribution < -0.4 is 14.8 Å². The van der Waals surface area contributed by atoms with E-state index in [9.17, 15) is 24.0 Å².